The standard InChI is InChI=1S/C30H27ClN2O6/c1-37-21-9-10-23-22(15-21)19(16-32-23)12-13-33-27(18-6-11-24(38-2)25(14-18)39-3)26(29(35)30(33)36)28(34)17-4-7-20(31)8-5-17/h4-11,14-16,27,32,34H,12-13H2,1-3H3/t27-/m0/s1. The van der Waals surface area contributed by atoms with Crippen LogP contribution in [0.3, 0.4) is 0 Å². The molecule has 1 aromatic heterocycles. The van der Waals surface area contributed by atoms with Gasteiger partial charge in [0.05, 0.1) is 32.9 Å². The zero-order valence-electron chi connectivity index (χ0n) is 21.7. The zero-order valence-corrected chi connectivity index (χ0v) is 22.4. The quantitative estimate of drug-likeness (QED) is 0.172. The fraction of sp³-hybridized carbons (Fsp3) is 0.200. The van der Waals surface area contributed by atoms with E-state index in [2.05, 4.69) is 4.98 Å². The van der Waals surface area contributed by atoms with Crippen LogP contribution in [0.4, 0.5) is 0 Å². The minimum atomic E-state index is -0.847. The molecule has 2 heterocycles. The van der Waals surface area contributed by atoms with Gasteiger partial charge < -0.3 is 29.2 Å². The molecule has 0 aliphatic carbocycles. The molecule has 1 fully saturated rings. The Morgan fingerprint density at radius 3 is 2.38 bits per heavy atom. The first-order valence-corrected chi connectivity index (χ1v) is 12.6. The average molecular weight is 547 g/mol. The van der Waals surface area contributed by atoms with Crippen molar-refractivity contribution in [3.63, 3.8) is 0 Å². The van der Waals surface area contributed by atoms with Gasteiger partial charge in [-0.2, -0.15) is 0 Å². The van der Waals surface area contributed by atoms with E-state index in [-0.39, 0.29) is 17.9 Å². The lowest BCUT2D eigenvalue weighted by Gasteiger charge is -2.26. The van der Waals surface area contributed by atoms with E-state index in [1.54, 1.807) is 49.6 Å². The van der Waals surface area contributed by atoms with Crippen LogP contribution in [0, 0.1) is 0 Å². The SMILES string of the molecule is COc1ccc2[nH]cc(CCN3C(=O)C(=O)C(=C(O)c4ccc(Cl)cc4)[C@@H]3c3ccc(OC)c(OC)c3)c2c1. The number of nitrogens with one attached hydrogen (secondary N) is 1. The molecule has 4 aromatic rings. The first-order chi connectivity index (χ1) is 18.9. The molecule has 2 N–H and O–H groups in total. The number of halogens is 1. The third-order valence-electron chi connectivity index (χ3n) is 6.98. The number of hydrogen-bond acceptors (Lipinski definition) is 6. The Kier molecular flexibility index (Phi) is 7.21. The van der Waals surface area contributed by atoms with Crippen molar-refractivity contribution < 1.29 is 28.9 Å². The number of H-pyrrole nitrogens is 1. The number of aliphatic hydroxyl groups excluding tert-OH is 1. The number of hydrogen-bond donors (Lipinski definition) is 2. The number of ketones is 1. The van der Waals surface area contributed by atoms with Crippen molar-refractivity contribution >= 4 is 40.0 Å². The molecule has 1 saturated heterocycles. The number of rotatable bonds is 8. The zero-order chi connectivity index (χ0) is 27.7. The number of aliphatic hydroxyl groups is 1. The number of Topliss-reactive ketones (excluding diaryl/α,β-unsaturated/α-hetero) is 1. The van der Waals surface area contributed by atoms with E-state index in [1.807, 2.05) is 24.4 Å². The summed E-state index contributed by atoms with van der Waals surface area (Å²) in [5.41, 5.74) is 2.88. The summed E-state index contributed by atoms with van der Waals surface area (Å²) in [7, 11) is 4.65. The number of amides is 1. The van der Waals surface area contributed by atoms with Crippen molar-refractivity contribution in [3.05, 3.63) is 94.1 Å². The third kappa shape index (κ3) is 4.79. The maximum atomic E-state index is 13.4. The number of ether oxygens (including phenoxy) is 3. The van der Waals surface area contributed by atoms with Crippen molar-refractivity contribution in [2.75, 3.05) is 27.9 Å². The van der Waals surface area contributed by atoms with Gasteiger partial charge in [0.15, 0.2) is 11.5 Å². The van der Waals surface area contributed by atoms with E-state index in [4.69, 9.17) is 25.8 Å². The minimum absolute atomic E-state index is 0.00450. The summed E-state index contributed by atoms with van der Waals surface area (Å²) in [6.07, 6.45) is 2.35. The Labute approximate surface area is 230 Å². The molecule has 0 radical (unpaired) electrons. The first kappa shape index (κ1) is 26.2. The average Bonchev–Trinajstić information content (AvgIpc) is 3.48. The van der Waals surface area contributed by atoms with Crippen LogP contribution in [0.15, 0.2) is 72.4 Å². The molecule has 5 rings (SSSR count). The Balaban J connectivity index is 1.59. The number of nitrogens with zero attached hydrogens (tertiary/aromatic N) is 1. The molecule has 9 heteroatoms. The molecule has 1 aliphatic heterocycles. The summed E-state index contributed by atoms with van der Waals surface area (Å²) < 4.78 is 16.2. The number of benzene rings is 3. The van der Waals surface area contributed by atoms with Crippen LogP contribution in [-0.2, 0) is 16.0 Å². The Hall–Kier alpha value is -4.43. The molecular formula is C30H27ClN2O6. The number of aromatic amines is 1. The molecule has 1 atom stereocenters. The summed E-state index contributed by atoms with van der Waals surface area (Å²) in [5.74, 6) is -0.0637. The van der Waals surface area contributed by atoms with E-state index >= 15 is 0 Å². The lowest BCUT2D eigenvalue weighted by atomic mass is 9.95. The van der Waals surface area contributed by atoms with Crippen molar-refractivity contribution in [1.82, 2.24) is 9.88 Å². The highest BCUT2D eigenvalue weighted by Crippen LogP contribution is 2.42. The van der Waals surface area contributed by atoms with Gasteiger partial charge in [-0.3, -0.25) is 9.59 Å². The first-order valence-electron chi connectivity index (χ1n) is 12.3. The summed E-state index contributed by atoms with van der Waals surface area (Å²) in [4.78, 5) is 31.6. The highest BCUT2D eigenvalue weighted by atomic mass is 35.5. The van der Waals surface area contributed by atoms with E-state index in [1.165, 1.54) is 19.1 Å². The van der Waals surface area contributed by atoms with Gasteiger partial charge in [-0.1, -0.05) is 17.7 Å². The molecule has 1 aliphatic rings. The van der Waals surface area contributed by atoms with Gasteiger partial charge in [-0.25, -0.2) is 0 Å². The maximum absolute atomic E-state index is 13.4. The molecule has 200 valence electrons. The Morgan fingerprint density at radius 1 is 0.949 bits per heavy atom. The summed E-state index contributed by atoms with van der Waals surface area (Å²) >= 11 is 6.02. The van der Waals surface area contributed by atoms with Crippen LogP contribution in [0.1, 0.15) is 22.7 Å². The van der Waals surface area contributed by atoms with E-state index in [0.717, 1.165) is 22.2 Å². The van der Waals surface area contributed by atoms with E-state index < -0.39 is 17.7 Å². The van der Waals surface area contributed by atoms with Gasteiger partial charge in [0.2, 0.25) is 0 Å². The van der Waals surface area contributed by atoms with Crippen LogP contribution in [0.25, 0.3) is 16.7 Å². The number of carbonyl (C=O) groups excluding carboxylic acids is 2. The molecule has 0 saturated carbocycles. The monoisotopic (exact) mass is 546 g/mol. The van der Waals surface area contributed by atoms with Crippen LogP contribution >= 0.6 is 11.6 Å². The van der Waals surface area contributed by atoms with Crippen molar-refractivity contribution in [2.45, 2.75) is 12.5 Å². The predicted molar refractivity (Wildman–Crippen MR) is 149 cm³/mol. The number of likely N-dealkylation sites (tertiary alicyclic amines) is 1. The maximum Gasteiger partial charge on any atom is 0.295 e. The number of carbonyl (C=O) groups is 2. The normalized spacial score (nSPS) is 16.6. The fourth-order valence-electron chi connectivity index (χ4n) is 4.98. The predicted octanol–water partition coefficient (Wildman–Crippen LogP) is 5.51. The highest BCUT2D eigenvalue weighted by Gasteiger charge is 2.46. The number of fused-ring (bicyclic) bond motifs is 1. The molecule has 0 spiro atoms. The number of aromatic nitrogens is 1. The van der Waals surface area contributed by atoms with Gasteiger partial charge in [0.25, 0.3) is 11.7 Å². The van der Waals surface area contributed by atoms with Crippen LogP contribution in [0.5, 0.6) is 17.2 Å². The third-order valence-corrected chi connectivity index (χ3v) is 7.23. The van der Waals surface area contributed by atoms with Gasteiger partial charge in [0, 0.05) is 34.2 Å². The molecule has 39 heavy (non-hydrogen) atoms. The molecule has 0 bridgehead atoms. The summed E-state index contributed by atoms with van der Waals surface area (Å²) in [6.45, 7) is 0.227. The van der Waals surface area contributed by atoms with Crippen molar-refractivity contribution in [3.8, 4) is 17.2 Å². The molecule has 3 aromatic carbocycles. The second-order valence-corrected chi connectivity index (χ2v) is 9.53. The van der Waals surface area contributed by atoms with E-state index in [9.17, 15) is 14.7 Å². The molecule has 0 unspecified atom stereocenters. The topological polar surface area (TPSA) is 101 Å². The second-order valence-electron chi connectivity index (χ2n) is 9.09. The lowest BCUT2D eigenvalue weighted by molar-refractivity contribution is -0.139. The largest absolute Gasteiger partial charge is 0.507 e. The molecule has 1 amide bonds. The fourth-order valence-corrected chi connectivity index (χ4v) is 5.10. The smallest absolute Gasteiger partial charge is 0.295 e. The summed E-state index contributed by atoms with van der Waals surface area (Å²) in [5, 5.41) is 12.7. The van der Waals surface area contributed by atoms with Crippen LogP contribution in [-0.4, -0.2) is 54.6 Å². The van der Waals surface area contributed by atoms with Crippen LogP contribution < -0.4 is 14.2 Å². The minimum Gasteiger partial charge on any atom is -0.507 e. The Morgan fingerprint density at radius 2 is 1.69 bits per heavy atom. The van der Waals surface area contributed by atoms with Crippen molar-refractivity contribution in [1.29, 1.82) is 0 Å². The lowest BCUT2D eigenvalue weighted by Crippen LogP contribution is -2.31. The van der Waals surface area contributed by atoms with Gasteiger partial charge >= 0.3 is 0 Å². The Bertz CT molecular complexity index is 1590. The van der Waals surface area contributed by atoms with Gasteiger partial charge in [-0.05, 0) is 72.1 Å². The van der Waals surface area contributed by atoms with Crippen LogP contribution in [0.2, 0.25) is 5.02 Å². The summed E-state index contributed by atoms with van der Waals surface area (Å²) in [6, 6.07) is 16.5. The van der Waals surface area contributed by atoms with E-state index in [0.29, 0.717) is 34.1 Å². The van der Waals surface area contributed by atoms with Gasteiger partial charge in [0.1, 0.15) is 11.5 Å². The second kappa shape index (κ2) is 10.7. The molecule has 8 nitrogen and oxygen atoms in total. The number of methoxy groups -OCH3 is 3. The van der Waals surface area contributed by atoms with Crippen molar-refractivity contribution in [2.24, 2.45) is 0 Å². The molecular weight excluding hydrogens is 520 g/mol. The highest BCUT2D eigenvalue weighted by molar-refractivity contribution is 6.46. The van der Waals surface area contributed by atoms with Gasteiger partial charge in [-0.15, -0.1) is 0 Å².